The van der Waals surface area contributed by atoms with Crippen molar-refractivity contribution >= 4 is 21.7 Å². The fourth-order valence-corrected chi connectivity index (χ4v) is 2.95. The highest BCUT2D eigenvalue weighted by Gasteiger charge is 2.33. The summed E-state index contributed by atoms with van der Waals surface area (Å²) < 4.78 is 28.9. The van der Waals surface area contributed by atoms with Crippen molar-refractivity contribution in [1.29, 1.82) is 0 Å². The molecule has 1 aromatic rings. The molecule has 0 saturated heterocycles. The number of sulfone groups is 1. The molecule has 1 unspecified atom stereocenters. The lowest BCUT2D eigenvalue weighted by molar-refractivity contribution is -0.139. The molecule has 0 spiro atoms. The monoisotopic (exact) mass is 357 g/mol. The Morgan fingerprint density at radius 3 is 2.46 bits per heavy atom. The maximum Gasteiger partial charge on any atom is 0.306 e. The Kier molecular flexibility index (Phi) is 6.36. The summed E-state index contributed by atoms with van der Waals surface area (Å²) in [6.45, 7) is 4.51. The zero-order valence-electron chi connectivity index (χ0n) is 14.2. The molecule has 134 valence electrons. The van der Waals surface area contributed by atoms with Gasteiger partial charge in [-0.1, -0.05) is 12.1 Å². The molecule has 0 aromatic heterocycles. The topological polar surface area (TPSA) is 110 Å². The van der Waals surface area contributed by atoms with Crippen LogP contribution in [-0.2, 0) is 25.0 Å². The lowest BCUT2D eigenvalue weighted by Crippen LogP contribution is -2.47. The number of carbonyl (C=O) groups is 2. The molecule has 0 heterocycles. The van der Waals surface area contributed by atoms with E-state index in [2.05, 4.69) is 5.32 Å². The minimum absolute atomic E-state index is 0.395. The number of nitrogens with one attached hydrogen (secondary N) is 1. The van der Waals surface area contributed by atoms with Crippen LogP contribution in [0.15, 0.2) is 24.3 Å². The Bertz CT molecular complexity index is 713. The van der Waals surface area contributed by atoms with Gasteiger partial charge in [-0.25, -0.2) is 8.42 Å². The van der Waals surface area contributed by atoms with Crippen molar-refractivity contribution in [2.75, 3.05) is 12.9 Å². The van der Waals surface area contributed by atoms with E-state index in [1.807, 2.05) is 0 Å². The van der Waals surface area contributed by atoms with Gasteiger partial charge in [0, 0.05) is 0 Å². The fraction of sp³-hybridized carbons (Fsp3) is 0.500. The standard InChI is InChI=1S/C16H23NO6S/c1-11(2)24(21,22)10-14(18)17-16(3,9-15(19)20)12-6-5-7-13(8-12)23-4/h5-8,11H,9-10H2,1-4H3,(H,17,18)(H,19,20). The molecule has 2 N–H and O–H groups in total. The molecular weight excluding hydrogens is 334 g/mol. The smallest absolute Gasteiger partial charge is 0.306 e. The van der Waals surface area contributed by atoms with Gasteiger partial charge < -0.3 is 15.2 Å². The summed E-state index contributed by atoms with van der Waals surface area (Å²) >= 11 is 0. The summed E-state index contributed by atoms with van der Waals surface area (Å²) in [6.07, 6.45) is -0.395. The van der Waals surface area contributed by atoms with Gasteiger partial charge in [-0.15, -0.1) is 0 Å². The molecule has 1 aromatic carbocycles. The summed E-state index contributed by atoms with van der Waals surface area (Å²) in [7, 11) is -2.10. The van der Waals surface area contributed by atoms with Gasteiger partial charge in [-0.2, -0.15) is 0 Å². The van der Waals surface area contributed by atoms with E-state index in [1.165, 1.54) is 27.9 Å². The molecule has 1 atom stereocenters. The van der Waals surface area contributed by atoms with Crippen molar-refractivity contribution in [1.82, 2.24) is 5.32 Å². The summed E-state index contributed by atoms with van der Waals surface area (Å²) in [5.41, 5.74) is -0.746. The summed E-state index contributed by atoms with van der Waals surface area (Å²) in [4.78, 5) is 23.4. The van der Waals surface area contributed by atoms with Gasteiger partial charge in [0.1, 0.15) is 11.5 Å². The quantitative estimate of drug-likeness (QED) is 0.726. The molecule has 1 amide bonds. The third-order valence-corrected chi connectivity index (χ3v) is 5.78. The molecule has 0 saturated carbocycles. The first-order valence-corrected chi connectivity index (χ1v) is 9.10. The van der Waals surface area contributed by atoms with Crippen molar-refractivity contribution in [3.05, 3.63) is 29.8 Å². The fourth-order valence-electron chi connectivity index (χ4n) is 2.18. The minimum Gasteiger partial charge on any atom is -0.497 e. The molecule has 24 heavy (non-hydrogen) atoms. The van der Waals surface area contributed by atoms with Crippen molar-refractivity contribution in [3.8, 4) is 5.75 Å². The van der Waals surface area contributed by atoms with Crippen LogP contribution >= 0.6 is 0 Å². The molecule has 0 fully saturated rings. The zero-order chi connectivity index (χ0) is 18.5. The Labute approximate surface area is 141 Å². The maximum atomic E-state index is 12.2. The maximum absolute atomic E-state index is 12.2. The number of benzene rings is 1. The SMILES string of the molecule is COc1cccc(C(C)(CC(=O)O)NC(=O)CS(=O)(=O)C(C)C)c1. The predicted octanol–water partition coefficient (Wildman–Crippen LogP) is 1.32. The molecule has 0 aliphatic rings. The lowest BCUT2D eigenvalue weighted by Gasteiger charge is -2.30. The molecule has 0 aliphatic heterocycles. The number of carboxylic acid groups (broad SMARTS) is 1. The molecule has 0 radical (unpaired) electrons. The first kappa shape index (κ1) is 20.0. The van der Waals surface area contributed by atoms with E-state index in [4.69, 9.17) is 9.84 Å². The van der Waals surface area contributed by atoms with Crippen LogP contribution in [0.4, 0.5) is 0 Å². The summed E-state index contributed by atoms with van der Waals surface area (Å²) in [5.74, 6) is -2.04. The number of methoxy groups -OCH3 is 1. The van der Waals surface area contributed by atoms with Crippen molar-refractivity contribution in [3.63, 3.8) is 0 Å². The predicted molar refractivity (Wildman–Crippen MR) is 89.7 cm³/mol. The number of aliphatic carboxylic acids is 1. The van der Waals surface area contributed by atoms with E-state index >= 15 is 0 Å². The average molecular weight is 357 g/mol. The van der Waals surface area contributed by atoms with Crippen LogP contribution in [0.2, 0.25) is 0 Å². The number of hydrogen-bond acceptors (Lipinski definition) is 5. The molecule has 1 rings (SSSR count). The largest absolute Gasteiger partial charge is 0.497 e. The Balaban J connectivity index is 3.12. The average Bonchev–Trinajstić information content (AvgIpc) is 2.45. The number of rotatable bonds is 8. The van der Waals surface area contributed by atoms with Gasteiger partial charge in [0.05, 0.1) is 24.3 Å². The van der Waals surface area contributed by atoms with Crippen molar-refractivity contribution in [2.45, 2.75) is 38.0 Å². The molecule has 0 bridgehead atoms. The highest BCUT2D eigenvalue weighted by atomic mass is 32.2. The molecule has 8 heteroatoms. The second kappa shape index (κ2) is 7.65. The van der Waals surface area contributed by atoms with Crippen molar-refractivity contribution in [2.24, 2.45) is 0 Å². The van der Waals surface area contributed by atoms with E-state index in [-0.39, 0.29) is 0 Å². The lowest BCUT2D eigenvalue weighted by atomic mass is 9.88. The zero-order valence-corrected chi connectivity index (χ0v) is 15.0. The summed E-state index contributed by atoms with van der Waals surface area (Å²) in [5, 5.41) is 11.0. The highest BCUT2D eigenvalue weighted by molar-refractivity contribution is 7.92. The number of carboxylic acids is 1. The third-order valence-electron chi connectivity index (χ3n) is 3.68. The number of hydrogen-bond donors (Lipinski definition) is 2. The van der Waals surface area contributed by atoms with Crippen LogP contribution in [0, 0.1) is 0 Å². The summed E-state index contributed by atoms with van der Waals surface area (Å²) in [6, 6.07) is 6.63. The van der Waals surface area contributed by atoms with E-state index < -0.39 is 44.7 Å². The number of amides is 1. The first-order chi connectivity index (χ1) is 11.0. The number of ether oxygens (including phenoxy) is 1. The van der Waals surface area contributed by atoms with Gasteiger partial charge in [0.25, 0.3) is 0 Å². The van der Waals surface area contributed by atoms with Gasteiger partial charge >= 0.3 is 5.97 Å². The Morgan fingerprint density at radius 2 is 1.96 bits per heavy atom. The normalized spacial score (nSPS) is 14.0. The van der Waals surface area contributed by atoms with E-state index in [1.54, 1.807) is 24.3 Å². The van der Waals surface area contributed by atoms with Crippen LogP contribution in [0.25, 0.3) is 0 Å². The van der Waals surface area contributed by atoms with Crippen molar-refractivity contribution < 1.29 is 27.9 Å². The van der Waals surface area contributed by atoms with Gasteiger partial charge in [0.2, 0.25) is 5.91 Å². The second-order valence-corrected chi connectivity index (χ2v) is 8.60. The third kappa shape index (κ3) is 5.23. The van der Waals surface area contributed by atoms with E-state index in [9.17, 15) is 18.0 Å². The van der Waals surface area contributed by atoms with Crippen LogP contribution in [0.5, 0.6) is 5.75 Å². The Hall–Kier alpha value is -2.09. The van der Waals surface area contributed by atoms with Crippen LogP contribution in [0.1, 0.15) is 32.8 Å². The van der Waals surface area contributed by atoms with Gasteiger partial charge in [0.15, 0.2) is 9.84 Å². The first-order valence-electron chi connectivity index (χ1n) is 7.39. The minimum atomic E-state index is -3.58. The molecule has 0 aliphatic carbocycles. The molecule has 7 nitrogen and oxygen atoms in total. The Morgan fingerprint density at radius 1 is 1.33 bits per heavy atom. The second-order valence-electron chi connectivity index (χ2n) is 6.04. The van der Waals surface area contributed by atoms with Crippen LogP contribution in [-0.4, -0.2) is 43.5 Å². The highest BCUT2D eigenvalue weighted by Crippen LogP contribution is 2.28. The van der Waals surface area contributed by atoms with E-state index in [0.29, 0.717) is 11.3 Å². The van der Waals surface area contributed by atoms with Crippen LogP contribution in [0.3, 0.4) is 0 Å². The van der Waals surface area contributed by atoms with E-state index in [0.717, 1.165) is 0 Å². The number of carbonyl (C=O) groups excluding carboxylic acids is 1. The molecular formula is C16H23NO6S. The van der Waals surface area contributed by atoms with Crippen LogP contribution < -0.4 is 10.1 Å². The van der Waals surface area contributed by atoms with Gasteiger partial charge in [-0.05, 0) is 38.5 Å². The van der Waals surface area contributed by atoms with Gasteiger partial charge in [-0.3, -0.25) is 9.59 Å².